The van der Waals surface area contributed by atoms with Crippen LogP contribution >= 0.6 is 0 Å². The van der Waals surface area contributed by atoms with Crippen LogP contribution < -0.4 is 5.32 Å². The number of rotatable bonds is 4. The Labute approximate surface area is 144 Å². The first-order valence-corrected chi connectivity index (χ1v) is 9.03. The van der Waals surface area contributed by atoms with Crippen molar-refractivity contribution in [1.82, 2.24) is 9.80 Å². The van der Waals surface area contributed by atoms with Gasteiger partial charge < -0.3 is 10.2 Å². The number of likely N-dealkylation sites (tertiary alicyclic amines) is 2. The maximum atomic E-state index is 12.5. The Bertz CT molecular complexity index is 596. The van der Waals surface area contributed by atoms with Gasteiger partial charge in [0.25, 0.3) is 0 Å². The molecule has 1 atom stereocenters. The van der Waals surface area contributed by atoms with Crippen molar-refractivity contribution in [3.63, 3.8) is 0 Å². The van der Waals surface area contributed by atoms with Gasteiger partial charge in [0.05, 0.1) is 0 Å². The number of anilines is 1. The molecule has 2 fully saturated rings. The Kier molecular flexibility index (Phi) is 5.51. The van der Waals surface area contributed by atoms with E-state index in [1.807, 2.05) is 12.1 Å². The van der Waals surface area contributed by atoms with E-state index in [9.17, 15) is 9.59 Å². The molecule has 3 rings (SSSR count). The summed E-state index contributed by atoms with van der Waals surface area (Å²) in [5.41, 5.74) is 2.05. The van der Waals surface area contributed by atoms with E-state index in [4.69, 9.17) is 0 Å². The van der Waals surface area contributed by atoms with Crippen molar-refractivity contribution in [2.24, 2.45) is 0 Å². The second kappa shape index (κ2) is 7.79. The van der Waals surface area contributed by atoms with Gasteiger partial charge in [0, 0.05) is 25.7 Å². The molecule has 2 saturated heterocycles. The van der Waals surface area contributed by atoms with Crippen LogP contribution in [-0.2, 0) is 16.1 Å². The summed E-state index contributed by atoms with van der Waals surface area (Å²) in [6, 6.07) is 7.76. The number of carbonyl (C=O) groups is 2. The number of amides is 2. The largest absolute Gasteiger partial charge is 0.331 e. The van der Waals surface area contributed by atoms with Gasteiger partial charge in [0.1, 0.15) is 6.04 Å². The summed E-state index contributed by atoms with van der Waals surface area (Å²) in [6.07, 6.45) is 5.53. The third kappa shape index (κ3) is 4.15. The summed E-state index contributed by atoms with van der Waals surface area (Å²) >= 11 is 0. The first-order valence-electron chi connectivity index (χ1n) is 9.03. The number of hydrogen-bond acceptors (Lipinski definition) is 3. The SMILES string of the molecule is CC(=O)N1CCCC1C(=O)Nc1cccc(CN2CCCCC2)c1. The molecular weight excluding hydrogens is 302 g/mol. The van der Waals surface area contributed by atoms with E-state index in [-0.39, 0.29) is 17.9 Å². The highest BCUT2D eigenvalue weighted by molar-refractivity contribution is 5.97. The van der Waals surface area contributed by atoms with Crippen LogP contribution in [0.2, 0.25) is 0 Å². The van der Waals surface area contributed by atoms with Gasteiger partial charge in [0.2, 0.25) is 11.8 Å². The van der Waals surface area contributed by atoms with Gasteiger partial charge in [0.15, 0.2) is 0 Å². The van der Waals surface area contributed by atoms with Crippen molar-refractivity contribution in [2.45, 2.75) is 51.6 Å². The highest BCUT2D eigenvalue weighted by Gasteiger charge is 2.32. The number of piperidine rings is 1. The van der Waals surface area contributed by atoms with E-state index < -0.39 is 0 Å². The van der Waals surface area contributed by atoms with E-state index in [0.29, 0.717) is 6.54 Å². The average molecular weight is 329 g/mol. The van der Waals surface area contributed by atoms with Crippen molar-refractivity contribution in [3.8, 4) is 0 Å². The van der Waals surface area contributed by atoms with Gasteiger partial charge in [-0.05, 0) is 56.5 Å². The molecule has 2 amide bonds. The summed E-state index contributed by atoms with van der Waals surface area (Å²) in [5, 5.41) is 3.00. The first-order chi connectivity index (χ1) is 11.6. The smallest absolute Gasteiger partial charge is 0.247 e. The molecule has 130 valence electrons. The Balaban J connectivity index is 1.61. The molecule has 1 N–H and O–H groups in total. The van der Waals surface area contributed by atoms with E-state index in [2.05, 4.69) is 22.3 Å². The molecule has 0 spiro atoms. The van der Waals surface area contributed by atoms with Gasteiger partial charge in [-0.2, -0.15) is 0 Å². The third-order valence-electron chi connectivity index (χ3n) is 5.01. The van der Waals surface area contributed by atoms with E-state index in [1.54, 1.807) is 4.90 Å². The summed E-state index contributed by atoms with van der Waals surface area (Å²) in [4.78, 5) is 28.3. The minimum absolute atomic E-state index is 0.0218. The highest BCUT2D eigenvalue weighted by atomic mass is 16.2. The molecular formula is C19H27N3O2. The number of carbonyl (C=O) groups excluding carboxylic acids is 2. The molecule has 1 aromatic rings. The molecule has 1 aromatic carbocycles. The summed E-state index contributed by atoms with van der Waals surface area (Å²) in [5.74, 6) is -0.0932. The molecule has 2 aliphatic rings. The lowest BCUT2D eigenvalue weighted by molar-refractivity contribution is -0.134. The number of hydrogen-bond donors (Lipinski definition) is 1. The fraction of sp³-hybridized carbons (Fsp3) is 0.579. The molecule has 1 unspecified atom stereocenters. The topological polar surface area (TPSA) is 52.7 Å². The molecule has 2 aliphatic heterocycles. The molecule has 0 saturated carbocycles. The first kappa shape index (κ1) is 17.0. The Morgan fingerprint density at radius 1 is 1.12 bits per heavy atom. The van der Waals surface area contributed by atoms with Gasteiger partial charge in [-0.1, -0.05) is 18.6 Å². The predicted molar refractivity (Wildman–Crippen MR) is 94.6 cm³/mol. The molecule has 0 radical (unpaired) electrons. The van der Waals surface area contributed by atoms with Crippen molar-refractivity contribution < 1.29 is 9.59 Å². The monoisotopic (exact) mass is 329 g/mol. The molecule has 24 heavy (non-hydrogen) atoms. The van der Waals surface area contributed by atoms with Crippen LogP contribution in [0.3, 0.4) is 0 Å². The van der Waals surface area contributed by atoms with Crippen molar-refractivity contribution >= 4 is 17.5 Å². The van der Waals surface area contributed by atoms with Gasteiger partial charge >= 0.3 is 0 Å². The zero-order valence-electron chi connectivity index (χ0n) is 14.5. The van der Waals surface area contributed by atoms with Crippen LogP contribution in [0.4, 0.5) is 5.69 Å². The van der Waals surface area contributed by atoms with Crippen LogP contribution in [0.25, 0.3) is 0 Å². The maximum Gasteiger partial charge on any atom is 0.247 e. The van der Waals surface area contributed by atoms with E-state index in [1.165, 1.54) is 31.7 Å². The predicted octanol–water partition coefficient (Wildman–Crippen LogP) is 2.62. The Morgan fingerprint density at radius 2 is 1.92 bits per heavy atom. The van der Waals surface area contributed by atoms with Crippen molar-refractivity contribution in [1.29, 1.82) is 0 Å². The minimum Gasteiger partial charge on any atom is -0.331 e. The van der Waals surface area contributed by atoms with Gasteiger partial charge in [-0.15, -0.1) is 0 Å². The molecule has 0 aromatic heterocycles. The fourth-order valence-corrected chi connectivity index (χ4v) is 3.76. The van der Waals surface area contributed by atoms with E-state index in [0.717, 1.165) is 38.2 Å². The third-order valence-corrected chi connectivity index (χ3v) is 5.01. The summed E-state index contributed by atoms with van der Waals surface area (Å²) in [6.45, 7) is 5.47. The molecule has 2 heterocycles. The van der Waals surface area contributed by atoms with Crippen molar-refractivity contribution in [2.75, 3.05) is 25.0 Å². The molecule has 0 bridgehead atoms. The van der Waals surface area contributed by atoms with Crippen LogP contribution in [0.1, 0.15) is 44.6 Å². The highest BCUT2D eigenvalue weighted by Crippen LogP contribution is 2.20. The summed E-state index contributed by atoms with van der Waals surface area (Å²) < 4.78 is 0. The quantitative estimate of drug-likeness (QED) is 0.924. The zero-order chi connectivity index (χ0) is 16.9. The van der Waals surface area contributed by atoms with E-state index >= 15 is 0 Å². The standard InChI is InChI=1S/C19H27N3O2/c1-15(23)22-12-6-9-18(22)19(24)20-17-8-5-7-16(13-17)14-21-10-3-2-4-11-21/h5,7-8,13,18H,2-4,6,9-12,14H2,1H3,(H,20,24). The van der Waals surface area contributed by atoms with Crippen LogP contribution in [0.5, 0.6) is 0 Å². The number of nitrogens with zero attached hydrogens (tertiary/aromatic N) is 2. The Hall–Kier alpha value is -1.88. The fourth-order valence-electron chi connectivity index (χ4n) is 3.76. The molecule has 5 nitrogen and oxygen atoms in total. The van der Waals surface area contributed by atoms with Crippen molar-refractivity contribution in [3.05, 3.63) is 29.8 Å². The zero-order valence-corrected chi connectivity index (χ0v) is 14.5. The van der Waals surface area contributed by atoms with Gasteiger partial charge in [-0.3, -0.25) is 14.5 Å². The number of benzene rings is 1. The normalized spacial score (nSPS) is 21.7. The van der Waals surface area contributed by atoms with Crippen LogP contribution in [-0.4, -0.2) is 47.3 Å². The Morgan fingerprint density at radius 3 is 2.67 bits per heavy atom. The maximum absolute atomic E-state index is 12.5. The average Bonchev–Trinajstić information content (AvgIpc) is 3.06. The lowest BCUT2D eigenvalue weighted by atomic mass is 10.1. The summed E-state index contributed by atoms with van der Waals surface area (Å²) in [7, 11) is 0. The second-order valence-electron chi connectivity index (χ2n) is 6.90. The second-order valence-corrected chi connectivity index (χ2v) is 6.90. The lowest BCUT2D eigenvalue weighted by Gasteiger charge is -2.26. The lowest BCUT2D eigenvalue weighted by Crippen LogP contribution is -2.42. The molecule has 0 aliphatic carbocycles. The number of nitrogens with one attached hydrogen (secondary N) is 1. The minimum atomic E-state index is -0.326. The van der Waals surface area contributed by atoms with Crippen LogP contribution in [0, 0.1) is 0 Å². The van der Waals surface area contributed by atoms with Gasteiger partial charge in [-0.25, -0.2) is 0 Å². The molecule has 5 heteroatoms. The van der Waals surface area contributed by atoms with Crippen LogP contribution in [0.15, 0.2) is 24.3 Å².